The first-order chi connectivity index (χ1) is 10.7. The molecule has 0 N–H and O–H groups in total. The number of aryl methyl sites for hydroxylation is 1. The molecule has 4 heteroatoms. The molecule has 2 aromatic heterocycles. The molecule has 3 nitrogen and oxygen atoms in total. The standard InChI is InChI=1S/C18H17N3S/c1-13-8-9-17(22-13)14(2)20-11-18-19-10-16(21(18)12-20)15-6-4-3-5-7-15/h3-10H,2,11-12H2,1H3. The number of nitrogens with zero attached hydrogens (tertiary/aromatic N) is 3. The SMILES string of the molecule is C=C(c1ccc(C)s1)N1Cc2ncc(-c3ccccc3)n2C1. The minimum atomic E-state index is 0.815. The van der Waals surface area contributed by atoms with Crippen molar-refractivity contribution in [2.45, 2.75) is 20.1 Å². The van der Waals surface area contributed by atoms with E-state index in [2.05, 4.69) is 64.4 Å². The average molecular weight is 307 g/mol. The Kier molecular flexibility index (Phi) is 3.12. The second-order valence-electron chi connectivity index (χ2n) is 5.55. The third-order valence-corrected chi connectivity index (χ3v) is 5.11. The summed E-state index contributed by atoms with van der Waals surface area (Å²) in [6.07, 6.45) is 1.97. The monoisotopic (exact) mass is 307 g/mol. The van der Waals surface area contributed by atoms with Crippen LogP contribution in [0.15, 0.2) is 55.2 Å². The molecule has 0 saturated carbocycles. The van der Waals surface area contributed by atoms with E-state index in [-0.39, 0.29) is 0 Å². The highest BCUT2D eigenvalue weighted by molar-refractivity contribution is 7.13. The Morgan fingerprint density at radius 3 is 2.73 bits per heavy atom. The molecule has 0 saturated heterocycles. The van der Waals surface area contributed by atoms with Crippen molar-refractivity contribution >= 4 is 17.0 Å². The summed E-state index contributed by atoms with van der Waals surface area (Å²) in [6.45, 7) is 8.05. The van der Waals surface area contributed by atoms with Crippen LogP contribution >= 0.6 is 11.3 Å². The summed E-state index contributed by atoms with van der Waals surface area (Å²) in [5.41, 5.74) is 3.47. The fourth-order valence-electron chi connectivity index (χ4n) is 2.86. The molecule has 0 spiro atoms. The largest absolute Gasteiger partial charge is 0.345 e. The Morgan fingerprint density at radius 2 is 2.00 bits per heavy atom. The summed E-state index contributed by atoms with van der Waals surface area (Å²) < 4.78 is 2.28. The van der Waals surface area contributed by atoms with E-state index in [4.69, 9.17) is 0 Å². The zero-order chi connectivity index (χ0) is 15.1. The van der Waals surface area contributed by atoms with Gasteiger partial charge in [-0.05, 0) is 24.6 Å². The van der Waals surface area contributed by atoms with Crippen LogP contribution in [0.4, 0.5) is 0 Å². The first-order valence-corrected chi connectivity index (χ1v) is 8.14. The highest BCUT2D eigenvalue weighted by Crippen LogP contribution is 2.32. The van der Waals surface area contributed by atoms with E-state index in [0.29, 0.717) is 0 Å². The molecule has 1 aliphatic heterocycles. The van der Waals surface area contributed by atoms with Crippen LogP contribution in [-0.4, -0.2) is 14.5 Å². The van der Waals surface area contributed by atoms with Crippen LogP contribution in [0.1, 0.15) is 15.6 Å². The van der Waals surface area contributed by atoms with Gasteiger partial charge in [-0.3, -0.25) is 0 Å². The highest BCUT2D eigenvalue weighted by Gasteiger charge is 2.24. The smallest absolute Gasteiger partial charge is 0.130 e. The molecule has 3 aromatic rings. The van der Waals surface area contributed by atoms with Gasteiger partial charge in [0.2, 0.25) is 0 Å². The lowest BCUT2D eigenvalue weighted by Gasteiger charge is -2.19. The molecule has 0 bridgehead atoms. The van der Waals surface area contributed by atoms with Crippen molar-refractivity contribution < 1.29 is 0 Å². The molecule has 0 atom stereocenters. The molecule has 0 fully saturated rings. The second-order valence-corrected chi connectivity index (χ2v) is 6.84. The van der Waals surface area contributed by atoms with Crippen molar-refractivity contribution in [3.63, 3.8) is 0 Å². The fourth-order valence-corrected chi connectivity index (χ4v) is 3.72. The van der Waals surface area contributed by atoms with Gasteiger partial charge in [0.15, 0.2) is 0 Å². The van der Waals surface area contributed by atoms with Crippen LogP contribution in [-0.2, 0) is 13.2 Å². The number of aromatic nitrogens is 2. The highest BCUT2D eigenvalue weighted by atomic mass is 32.1. The third kappa shape index (κ3) is 2.16. The van der Waals surface area contributed by atoms with Crippen LogP contribution < -0.4 is 0 Å². The molecule has 0 unspecified atom stereocenters. The van der Waals surface area contributed by atoms with E-state index in [0.717, 1.165) is 24.7 Å². The van der Waals surface area contributed by atoms with Crippen molar-refractivity contribution in [3.05, 3.63) is 70.8 Å². The predicted molar refractivity (Wildman–Crippen MR) is 91.3 cm³/mol. The molecule has 1 aromatic carbocycles. The lowest BCUT2D eigenvalue weighted by Crippen LogP contribution is -2.15. The first-order valence-electron chi connectivity index (χ1n) is 7.33. The summed E-state index contributed by atoms with van der Waals surface area (Å²) in [6, 6.07) is 14.7. The van der Waals surface area contributed by atoms with Crippen LogP contribution in [0.5, 0.6) is 0 Å². The number of imidazole rings is 1. The number of thiophene rings is 1. The van der Waals surface area contributed by atoms with E-state index in [1.165, 1.54) is 21.0 Å². The zero-order valence-corrected chi connectivity index (χ0v) is 13.3. The van der Waals surface area contributed by atoms with Crippen LogP contribution in [0, 0.1) is 6.92 Å². The maximum absolute atomic E-state index is 4.59. The second kappa shape index (κ2) is 5.14. The van der Waals surface area contributed by atoms with Gasteiger partial charge in [-0.1, -0.05) is 36.9 Å². The molecule has 4 rings (SSSR count). The van der Waals surface area contributed by atoms with E-state index in [9.17, 15) is 0 Å². The minimum absolute atomic E-state index is 0.815. The van der Waals surface area contributed by atoms with Crippen molar-refractivity contribution in [1.29, 1.82) is 0 Å². The van der Waals surface area contributed by atoms with Gasteiger partial charge in [0.1, 0.15) is 5.82 Å². The van der Waals surface area contributed by atoms with E-state index >= 15 is 0 Å². The van der Waals surface area contributed by atoms with Gasteiger partial charge in [-0.2, -0.15) is 0 Å². The quantitative estimate of drug-likeness (QED) is 0.716. The van der Waals surface area contributed by atoms with Crippen molar-refractivity contribution in [2.75, 3.05) is 0 Å². The van der Waals surface area contributed by atoms with Gasteiger partial charge in [0.25, 0.3) is 0 Å². The molecular weight excluding hydrogens is 290 g/mol. The number of hydrogen-bond acceptors (Lipinski definition) is 3. The summed E-state index contributed by atoms with van der Waals surface area (Å²) in [7, 11) is 0. The van der Waals surface area contributed by atoms with Gasteiger partial charge in [-0.15, -0.1) is 11.3 Å². The van der Waals surface area contributed by atoms with Crippen molar-refractivity contribution in [2.24, 2.45) is 0 Å². The van der Waals surface area contributed by atoms with Crippen LogP contribution in [0.3, 0.4) is 0 Å². The van der Waals surface area contributed by atoms with Crippen LogP contribution in [0.2, 0.25) is 0 Å². The van der Waals surface area contributed by atoms with Crippen molar-refractivity contribution in [3.8, 4) is 11.3 Å². The molecule has 22 heavy (non-hydrogen) atoms. The summed E-state index contributed by atoms with van der Waals surface area (Å²) in [4.78, 5) is 9.44. The maximum Gasteiger partial charge on any atom is 0.130 e. The Hall–Kier alpha value is -2.33. The third-order valence-electron chi connectivity index (χ3n) is 4.06. The van der Waals surface area contributed by atoms with Gasteiger partial charge in [0, 0.05) is 10.6 Å². The molecule has 0 radical (unpaired) electrons. The number of fused-ring (bicyclic) bond motifs is 1. The molecular formula is C18H17N3S. The minimum Gasteiger partial charge on any atom is -0.345 e. The lowest BCUT2D eigenvalue weighted by atomic mass is 10.2. The molecule has 0 aliphatic carbocycles. The molecule has 1 aliphatic rings. The fraction of sp³-hybridized carbons (Fsp3) is 0.167. The maximum atomic E-state index is 4.59. The predicted octanol–water partition coefficient (Wildman–Crippen LogP) is 4.36. The van der Waals surface area contributed by atoms with Gasteiger partial charge < -0.3 is 9.47 Å². The Bertz CT molecular complexity index is 829. The van der Waals surface area contributed by atoms with Crippen molar-refractivity contribution in [1.82, 2.24) is 14.5 Å². The number of benzene rings is 1. The van der Waals surface area contributed by atoms with E-state index in [1.807, 2.05) is 12.3 Å². The lowest BCUT2D eigenvalue weighted by molar-refractivity contribution is 0.383. The molecule has 3 heterocycles. The average Bonchev–Trinajstić information content (AvgIpc) is 3.22. The van der Waals surface area contributed by atoms with Gasteiger partial charge >= 0.3 is 0 Å². The Morgan fingerprint density at radius 1 is 1.18 bits per heavy atom. The van der Waals surface area contributed by atoms with E-state index in [1.54, 1.807) is 11.3 Å². The first kappa shape index (κ1) is 13.3. The molecule has 0 amide bonds. The van der Waals surface area contributed by atoms with Gasteiger partial charge in [-0.25, -0.2) is 4.98 Å². The van der Waals surface area contributed by atoms with E-state index < -0.39 is 0 Å². The Labute approximate surface area is 134 Å². The zero-order valence-electron chi connectivity index (χ0n) is 12.5. The number of hydrogen-bond donors (Lipinski definition) is 0. The summed E-state index contributed by atoms with van der Waals surface area (Å²) in [5, 5.41) is 0. The summed E-state index contributed by atoms with van der Waals surface area (Å²) >= 11 is 1.79. The normalized spacial score (nSPS) is 13.4. The molecule has 110 valence electrons. The van der Waals surface area contributed by atoms with Gasteiger partial charge in [0.05, 0.1) is 30.0 Å². The Balaban J connectivity index is 1.62. The topological polar surface area (TPSA) is 21.1 Å². The number of rotatable bonds is 3. The summed E-state index contributed by atoms with van der Waals surface area (Å²) in [5.74, 6) is 1.10. The van der Waals surface area contributed by atoms with Crippen LogP contribution in [0.25, 0.3) is 17.0 Å².